The van der Waals surface area contributed by atoms with Crippen LogP contribution in [0.2, 0.25) is 0 Å². The van der Waals surface area contributed by atoms with E-state index in [9.17, 15) is 14.4 Å². The molecule has 0 aliphatic heterocycles. The number of hydrogen-bond donors (Lipinski definition) is 0. The Morgan fingerprint density at radius 3 is 0.803 bits per heavy atom. The largest absolute Gasteiger partial charge is 0.462 e. The topological polar surface area (TPSA) is 78.9 Å². The Bertz CT molecular complexity index is 1310. The Hall–Kier alpha value is -2.63. The lowest BCUT2D eigenvalue weighted by atomic mass is 10.0. The minimum Gasteiger partial charge on any atom is -0.462 e. The van der Waals surface area contributed by atoms with Gasteiger partial charge in [0.25, 0.3) is 0 Å². The summed E-state index contributed by atoms with van der Waals surface area (Å²) in [5.41, 5.74) is 0. The number of carbonyl (C=O) groups is 3. The summed E-state index contributed by atoms with van der Waals surface area (Å²) in [5.74, 6) is -0.890. The van der Waals surface area contributed by atoms with Crippen LogP contribution in [0.25, 0.3) is 0 Å². The van der Waals surface area contributed by atoms with E-state index in [1.54, 1.807) is 0 Å². The number of hydrogen-bond acceptors (Lipinski definition) is 6. The fraction of sp³-hybridized carbons (Fsp3) is 0.843. The molecule has 0 heterocycles. The van der Waals surface area contributed by atoms with Gasteiger partial charge in [0.1, 0.15) is 13.2 Å². The van der Waals surface area contributed by atoms with Crippen molar-refractivity contribution in [2.75, 3.05) is 13.2 Å². The average Bonchev–Trinajstić information content (AvgIpc) is 3.42. The van der Waals surface area contributed by atoms with Gasteiger partial charge in [-0.25, -0.2) is 0 Å². The molecule has 0 aromatic carbocycles. The molecule has 6 nitrogen and oxygen atoms in total. The first-order chi connectivity index (χ1) is 37.5. The third kappa shape index (κ3) is 62.2. The first-order valence-corrected chi connectivity index (χ1v) is 33.6. The second-order valence-electron chi connectivity index (χ2n) is 22.7. The Kier molecular flexibility index (Phi) is 62.6. The molecule has 0 amide bonds. The lowest BCUT2D eigenvalue weighted by Gasteiger charge is -2.18. The van der Waals surface area contributed by atoms with Gasteiger partial charge in [-0.15, -0.1) is 0 Å². The summed E-state index contributed by atoms with van der Waals surface area (Å²) < 4.78 is 16.9. The molecule has 1 unspecified atom stereocenters. The van der Waals surface area contributed by atoms with E-state index in [0.717, 1.165) is 109 Å². The summed E-state index contributed by atoms with van der Waals surface area (Å²) in [6.07, 6.45) is 81.5. The Morgan fingerprint density at radius 2 is 0.500 bits per heavy atom. The van der Waals surface area contributed by atoms with Crippen molar-refractivity contribution < 1.29 is 28.6 Å². The number of esters is 3. The van der Waals surface area contributed by atoms with Crippen LogP contribution in [0, 0.1) is 0 Å². The summed E-state index contributed by atoms with van der Waals surface area (Å²) in [5, 5.41) is 0. The van der Waals surface area contributed by atoms with Crippen LogP contribution in [0.3, 0.4) is 0 Å². The number of ether oxygens (including phenoxy) is 3. The molecule has 0 aliphatic rings. The summed E-state index contributed by atoms with van der Waals surface area (Å²) in [4.78, 5) is 38.3. The van der Waals surface area contributed by atoms with Gasteiger partial charge in [0.15, 0.2) is 6.10 Å². The SMILES string of the molecule is CCC/C=C\C/C=C\CCCCCCCC(=O)OCC(COC(=O)CCCCCCCCCCCCCCCCCCCCCCCCCCCCCCCC)OC(=O)CCCCCCC/C=C\C/C=C\CCCCC. The predicted molar refractivity (Wildman–Crippen MR) is 330 cm³/mol. The van der Waals surface area contributed by atoms with E-state index in [2.05, 4.69) is 69.4 Å². The molecule has 0 bridgehead atoms. The van der Waals surface area contributed by atoms with Crippen LogP contribution in [0.4, 0.5) is 0 Å². The minimum atomic E-state index is -0.785. The van der Waals surface area contributed by atoms with Crippen LogP contribution >= 0.6 is 0 Å². The number of unbranched alkanes of at least 4 members (excludes halogenated alkanes) is 43. The highest BCUT2D eigenvalue weighted by atomic mass is 16.6. The summed E-state index contributed by atoms with van der Waals surface area (Å²) >= 11 is 0. The van der Waals surface area contributed by atoms with Crippen molar-refractivity contribution in [2.24, 2.45) is 0 Å². The number of allylic oxidation sites excluding steroid dienone is 8. The fourth-order valence-electron chi connectivity index (χ4n) is 9.99. The average molecular weight is 1070 g/mol. The fourth-order valence-corrected chi connectivity index (χ4v) is 9.99. The molecule has 0 aromatic rings. The van der Waals surface area contributed by atoms with Crippen LogP contribution in [0.5, 0.6) is 0 Å². The lowest BCUT2D eigenvalue weighted by molar-refractivity contribution is -0.167. The summed E-state index contributed by atoms with van der Waals surface area (Å²) in [7, 11) is 0. The maximum atomic E-state index is 12.9. The van der Waals surface area contributed by atoms with E-state index in [4.69, 9.17) is 14.2 Å². The van der Waals surface area contributed by atoms with Crippen molar-refractivity contribution in [1.29, 1.82) is 0 Å². The monoisotopic (exact) mass is 1060 g/mol. The third-order valence-electron chi connectivity index (χ3n) is 15.0. The van der Waals surface area contributed by atoms with Crippen LogP contribution in [-0.4, -0.2) is 37.2 Å². The highest BCUT2D eigenvalue weighted by Crippen LogP contribution is 2.18. The Morgan fingerprint density at radius 1 is 0.263 bits per heavy atom. The van der Waals surface area contributed by atoms with Gasteiger partial charge in [-0.3, -0.25) is 14.4 Å². The Labute approximate surface area is 473 Å². The van der Waals surface area contributed by atoms with Crippen LogP contribution in [0.1, 0.15) is 361 Å². The lowest BCUT2D eigenvalue weighted by Crippen LogP contribution is -2.30. The van der Waals surface area contributed by atoms with E-state index >= 15 is 0 Å². The molecule has 0 radical (unpaired) electrons. The molecule has 76 heavy (non-hydrogen) atoms. The number of rotatable bonds is 62. The van der Waals surface area contributed by atoms with E-state index in [-0.39, 0.29) is 31.1 Å². The predicted octanol–water partition coefficient (Wildman–Crippen LogP) is 22.9. The van der Waals surface area contributed by atoms with Crippen molar-refractivity contribution in [3.8, 4) is 0 Å². The molecule has 0 N–H and O–H groups in total. The quantitative estimate of drug-likeness (QED) is 0.0261. The van der Waals surface area contributed by atoms with Gasteiger partial charge in [0.05, 0.1) is 0 Å². The first kappa shape index (κ1) is 73.4. The molecule has 0 fully saturated rings. The third-order valence-corrected chi connectivity index (χ3v) is 15.0. The molecule has 1 atom stereocenters. The summed E-state index contributed by atoms with van der Waals surface area (Å²) in [6, 6.07) is 0. The molecule has 0 saturated carbocycles. The molecule has 6 heteroatoms. The smallest absolute Gasteiger partial charge is 0.306 e. The molecule has 444 valence electrons. The molecule has 0 rings (SSSR count). The van der Waals surface area contributed by atoms with Crippen molar-refractivity contribution in [2.45, 2.75) is 367 Å². The van der Waals surface area contributed by atoms with Gasteiger partial charge in [0.2, 0.25) is 0 Å². The highest BCUT2D eigenvalue weighted by Gasteiger charge is 2.19. The van der Waals surface area contributed by atoms with Gasteiger partial charge in [-0.1, -0.05) is 313 Å². The molecule has 0 saturated heterocycles. The van der Waals surface area contributed by atoms with Crippen molar-refractivity contribution in [3.05, 3.63) is 48.6 Å². The van der Waals surface area contributed by atoms with Gasteiger partial charge in [-0.2, -0.15) is 0 Å². The molecular weight excluding hydrogens is 937 g/mol. The van der Waals surface area contributed by atoms with Crippen LogP contribution < -0.4 is 0 Å². The molecule has 0 aromatic heterocycles. The second-order valence-corrected chi connectivity index (χ2v) is 22.7. The van der Waals surface area contributed by atoms with E-state index in [1.807, 2.05) is 0 Å². The molecule has 0 aliphatic carbocycles. The van der Waals surface area contributed by atoms with Gasteiger partial charge < -0.3 is 14.2 Å². The van der Waals surface area contributed by atoms with E-state index < -0.39 is 6.10 Å². The normalized spacial score (nSPS) is 12.3. The summed E-state index contributed by atoms with van der Waals surface area (Å²) in [6.45, 7) is 6.58. The molecule has 0 spiro atoms. The van der Waals surface area contributed by atoms with E-state index in [0.29, 0.717) is 19.3 Å². The molecular formula is C70H128O6. The standard InChI is InChI=1S/C70H128O6/c1-4-7-10-13-16-19-22-25-27-28-29-30-31-32-33-34-35-36-37-38-39-40-41-43-45-48-51-54-57-60-63-69(72)75-66-67(65-74-68(71)62-59-56-53-50-47-44-24-21-18-15-12-9-6-3)76-70(73)64-61-58-55-52-49-46-42-26-23-20-17-14-11-8-5-2/h12,15,17,20-21,24,26,42,67H,4-11,13-14,16,18-19,22-23,25,27-41,43-66H2,1-3H3/b15-12-,20-17-,24-21-,42-26-. The zero-order valence-electron chi connectivity index (χ0n) is 51.0. The highest BCUT2D eigenvalue weighted by molar-refractivity contribution is 5.71. The number of carbonyl (C=O) groups excluding carboxylic acids is 3. The minimum absolute atomic E-state index is 0.0803. The second kappa shape index (κ2) is 64.9. The van der Waals surface area contributed by atoms with Gasteiger partial charge in [0, 0.05) is 19.3 Å². The van der Waals surface area contributed by atoms with Crippen molar-refractivity contribution in [1.82, 2.24) is 0 Å². The Balaban J connectivity index is 4.14. The zero-order chi connectivity index (χ0) is 55.0. The first-order valence-electron chi connectivity index (χ1n) is 33.6. The van der Waals surface area contributed by atoms with Crippen LogP contribution in [-0.2, 0) is 28.6 Å². The van der Waals surface area contributed by atoms with Gasteiger partial charge >= 0.3 is 17.9 Å². The maximum Gasteiger partial charge on any atom is 0.306 e. The zero-order valence-corrected chi connectivity index (χ0v) is 51.0. The van der Waals surface area contributed by atoms with Gasteiger partial charge in [-0.05, 0) is 77.0 Å². The maximum absolute atomic E-state index is 12.9. The van der Waals surface area contributed by atoms with Crippen molar-refractivity contribution in [3.63, 3.8) is 0 Å². The van der Waals surface area contributed by atoms with Crippen LogP contribution in [0.15, 0.2) is 48.6 Å². The van der Waals surface area contributed by atoms with E-state index in [1.165, 1.54) is 212 Å². The van der Waals surface area contributed by atoms with Crippen molar-refractivity contribution >= 4 is 17.9 Å².